The summed E-state index contributed by atoms with van der Waals surface area (Å²) in [7, 11) is 3.42. The van der Waals surface area contributed by atoms with Crippen LogP contribution in [0.1, 0.15) is 5.56 Å². The Balaban J connectivity index is 2.95. The molecule has 0 fully saturated rings. The standard InChI is InChI=1S/C13H13O2.Li/c1-9-8-12(14-2)10-6-4-5-7-11(10)13(9)15-3;/h4-7H,1-3H3;. The predicted molar refractivity (Wildman–Crippen MR) is 67.2 cm³/mol. The van der Waals surface area contributed by atoms with Gasteiger partial charge in [-0.1, -0.05) is 0 Å². The first-order valence-electron chi connectivity index (χ1n) is 5.30. The summed E-state index contributed by atoms with van der Waals surface area (Å²) in [5.41, 5.74) is 1.14. The van der Waals surface area contributed by atoms with Crippen molar-refractivity contribution < 1.29 is 9.47 Å². The van der Waals surface area contributed by atoms with Crippen molar-refractivity contribution in [2.24, 2.45) is 0 Å². The van der Waals surface area contributed by atoms with Gasteiger partial charge in [-0.15, -0.1) is 0 Å². The van der Waals surface area contributed by atoms with Crippen molar-refractivity contribution in [2.45, 2.75) is 6.92 Å². The van der Waals surface area contributed by atoms with E-state index in [4.69, 9.17) is 9.47 Å². The number of methoxy groups -OCH3 is 2. The van der Waals surface area contributed by atoms with Crippen LogP contribution in [0.25, 0.3) is 10.8 Å². The Labute approximate surface area is 105 Å². The van der Waals surface area contributed by atoms with Crippen molar-refractivity contribution in [3.63, 3.8) is 0 Å². The molecule has 0 unspecified atom stereocenters. The van der Waals surface area contributed by atoms with Gasteiger partial charge in [0.05, 0.1) is 0 Å². The van der Waals surface area contributed by atoms with Gasteiger partial charge in [0.1, 0.15) is 0 Å². The molecule has 0 amide bonds. The molecule has 3 heteroatoms. The molecule has 2 nitrogen and oxygen atoms in total. The molecule has 16 heavy (non-hydrogen) atoms. The van der Waals surface area contributed by atoms with Crippen LogP contribution in [0.15, 0.2) is 24.3 Å². The van der Waals surface area contributed by atoms with Gasteiger partial charge in [-0.3, -0.25) is 0 Å². The van der Waals surface area contributed by atoms with E-state index in [-0.39, 0.29) is 0 Å². The fourth-order valence-corrected chi connectivity index (χ4v) is 2.15. The molecular weight excluding hydrogens is 195 g/mol. The molecule has 0 heterocycles. The van der Waals surface area contributed by atoms with E-state index in [0.29, 0.717) is 0 Å². The maximum absolute atomic E-state index is 5.48. The SMILES string of the molecule is [Li][c]1c(C)c(OC)c2ccccc2c1OC. The van der Waals surface area contributed by atoms with E-state index >= 15 is 0 Å². The average Bonchev–Trinajstić information content (AvgIpc) is 2.31. The normalized spacial score (nSPS) is 10.6. The Hall–Kier alpha value is -1.10. The number of fused-ring (bicyclic) bond motifs is 1. The third kappa shape index (κ3) is 1.59. The molecule has 0 saturated carbocycles. The second kappa shape index (κ2) is 4.41. The Morgan fingerprint density at radius 3 is 1.94 bits per heavy atom. The minimum absolute atomic E-state index is 0.939. The Morgan fingerprint density at radius 2 is 1.44 bits per heavy atom. The fraction of sp³-hybridized carbons (Fsp3) is 0.231. The van der Waals surface area contributed by atoms with Gasteiger partial charge in [0.25, 0.3) is 0 Å². The molecule has 0 spiro atoms. The van der Waals surface area contributed by atoms with Gasteiger partial charge in [0.15, 0.2) is 0 Å². The van der Waals surface area contributed by atoms with E-state index in [0.717, 1.165) is 32.1 Å². The first kappa shape index (κ1) is 11.4. The zero-order valence-corrected chi connectivity index (χ0v) is 10.1. The Morgan fingerprint density at radius 1 is 0.938 bits per heavy atom. The molecule has 0 aromatic heterocycles. The van der Waals surface area contributed by atoms with Gasteiger partial charge in [-0.2, -0.15) is 0 Å². The van der Waals surface area contributed by atoms with Gasteiger partial charge in [0, 0.05) is 0 Å². The van der Waals surface area contributed by atoms with E-state index in [1.54, 1.807) is 14.2 Å². The quantitative estimate of drug-likeness (QED) is 0.702. The molecular formula is C13H13LiO2. The molecule has 2 rings (SSSR count). The van der Waals surface area contributed by atoms with E-state index in [1.807, 2.05) is 12.1 Å². The molecule has 0 aliphatic rings. The maximum atomic E-state index is 5.48. The van der Waals surface area contributed by atoms with Crippen molar-refractivity contribution in [3.8, 4) is 11.5 Å². The van der Waals surface area contributed by atoms with E-state index in [9.17, 15) is 0 Å². The van der Waals surface area contributed by atoms with E-state index in [1.165, 1.54) is 0 Å². The molecule has 0 atom stereocenters. The van der Waals surface area contributed by atoms with Crippen LogP contribution >= 0.6 is 0 Å². The van der Waals surface area contributed by atoms with Crippen LogP contribution in [0.5, 0.6) is 11.5 Å². The fourth-order valence-electron chi connectivity index (χ4n) is 2.15. The third-order valence-corrected chi connectivity index (χ3v) is 3.07. The molecule has 0 aliphatic heterocycles. The van der Waals surface area contributed by atoms with Crippen LogP contribution < -0.4 is 13.7 Å². The van der Waals surface area contributed by atoms with E-state index in [2.05, 4.69) is 36.8 Å². The van der Waals surface area contributed by atoms with Gasteiger partial charge in [0.2, 0.25) is 0 Å². The van der Waals surface area contributed by atoms with Crippen molar-refractivity contribution in [1.82, 2.24) is 0 Å². The van der Waals surface area contributed by atoms with Crippen LogP contribution in [0.4, 0.5) is 0 Å². The number of rotatable bonds is 2. The number of hydrogen-bond donors (Lipinski definition) is 0. The van der Waals surface area contributed by atoms with Crippen LogP contribution in [0.3, 0.4) is 0 Å². The van der Waals surface area contributed by atoms with Gasteiger partial charge < -0.3 is 0 Å². The summed E-state index contributed by atoms with van der Waals surface area (Å²) in [5.74, 6) is 1.88. The summed E-state index contributed by atoms with van der Waals surface area (Å²) >= 11 is 2.06. The zero-order chi connectivity index (χ0) is 11.7. The predicted octanol–water partition coefficient (Wildman–Crippen LogP) is 1.96. The average molecular weight is 208 g/mol. The first-order chi connectivity index (χ1) is 7.70. The van der Waals surface area contributed by atoms with Crippen LogP contribution in [0.2, 0.25) is 0 Å². The molecule has 0 saturated heterocycles. The topological polar surface area (TPSA) is 18.5 Å². The summed E-state index contributed by atoms with van der Waals surface area (Å²) < 4.78 is 12.1. The molecule has 2 aromatic carbocycles. The van der Waals surface area contributed by atoms with Crippen LogP contribution in [-0.2, 0) is 0 Å². The number of ether oxygens (including phenoxy) is 2. The second-order valence-corrected chi connectivity index (χ2v) is 3.86. The summed E-state index contributed by atoms with van der Waals surface area (Å²) in [5, 5.41) is 2.20. The second-order valence-electron chi connectivity index (χ2n) is 3.86. The minimum atomic E-state index is 0.939. The van der Waals surface area contributed by atoms with Crippen molar-refractivity contribution >= 4 is 32.7 Å². The summed E-state index contributed by atoms with van der Waals surface area (Å²) in [4.78, 5) is 0. The Kier molecular flexibility index (Phi) is 3.14. The van der Waals surface area contributed by atoms with Crippen molar-refractivity contribution in [1.29, 1.82) is 0 Å². The van der Waals surface area contributed by atoms with Gasteiger partial charge in [-0.05, 0) is 0 Å². The molecule has 0 N–H and O–H groups in total. The molecule has 0 bridgehead atoms. The van der Waals surface area contributed by atoms with Crippen molar-refractivity contribution in [3.05, 3.63) is 29.8 Å². The zero-order valence-electron chi connectivity index (χ0n) is 10.1. The number of hydrogen-bond acceptors (Lipinski definition) is 2. The molecule has 2 aromatic rings. The molecule has 0 radical (unpaired) electrons. The van der Waals surface area contributed by atoms with Crippen LogP contribution in [-0.4, -0.2) is 31.9 Å². The monoisotopic (exact) mass is 208 g/mol. The summed E-state index contributed by atoms with van der Waals surface area (Å²) in [6.07, 6.45) is 0. The van der Waals surface area contributed by atoms with E-state index < -0.39 is 0 Å². The first-order valence-corrected chi connectivity index (χ1v) is 5.30. The molecule has 78 valence electrons. The van der Waals surface area contributed by atoms with Crippen LogP contribution in [0, 0.1) is 6.92 Å². The van der Waals surface area contributed by atoms with Crippen molar-refractivity contribution in [2.75, 3.05) is 14.2 Å². The number of benzene rings is 2. The Bertz CT molecular complexity index is 486. The summed E-state index contributed by atoms with van der Waals surface area (Å²) in [6.45, 7) is 2.06. The third-order valence-electron chi connectivity index (χ3n) is 3.07. The van der Waals surface area contributed by atoms with Gasteiger partial charge >= 0.3 is 105 Å². The van der Waals surface area contributed by atoms with Gasteiger partial charge in [-0.25, -0.2) is 0 Å². The molecule has 0 aliphatic carbocycles. The summed E-state index contributed by atoms with van der Waals surface area (Å²) in [6, 6.07) is 8.14.